The van der Waals surface area contributed by atoms with Crippen molar-refractivity contribution in [3.05, 3.63) is 24.0 Å². The molecular formula is C9H17IN2. The number of aryl methyl sites for hydroxylation is 1. The average Bonchev–Trinajstić information content (AvgIpc) is 2.12. The van der Waals surface area contributed by atoms with Crippen LogP contribution in [0.3, 0.4) is 0 Å². The number of rotatable bonds is 2. The van der Waals surface area contributed by atoms with E-state index in [9.17, 15) is 0 Å². The van der Waals surface area contributed by atoms with E-state index in [0.717, 1.165) is 11.0 Å². The molecule has 0 amide bonds. The van der Waals surface area contributed by atoms with Crippen molar-refractivity contribution in [2.45, 2.75) is 6.54 Å². The van der Waals surface area contributed by atoms with Gasteiger partial charge in [0.2, 0.25) is 0 Å². The standard InChI is InChI=1S/C9H17N2.HI/c1-10-7-5-6-9(10)8-11(2,3)4;/h5-7H,8H2,1-4H3;1H/q+1;/p-1. The van der Waals surface area contributed by atoms with Crippen molar-refractivity contribution in [2.24, 2.45) is 7.05 Å². The molecule has 0 fully saturated rings. The molecule has 0 aromatic carbocycles. The molecule has 1 rings (SSSR count). The Hall–Kier alpha value is -0.0300. The lowest BCUT2D eigenvalue weighted by molar-refractivity contribution is -0.884. The predicted octanol–water partition coefficient (Wildman–Crippen LogP) is -1.76. The highest BCUT2D eigenvalue weighted by molar-refractivity contribution is 5.04. The Morgan fingerprint density at radius 1 is 1.33 bits per heavy atom. The van der Waals surface area contributed by atoms with Crippen LogP contribution in [0.2, 0.25) is 0 Å². The molecule has 0 atom stereocenters. The fraction of sp³-hybridized carbons (Fsp3) is 0.556. The smallest absolute Gasteiger partial charge is 0.119 e. The Bertz CT molecular complexity index is 235. The first-order valence-electron chi connectivity index (χ1n) is 3.90. The van der Waals surface area contributed by atoms with E-state index in [1.54, 1.807) is 0 Å². The summed E-state index contributed by atoms with van der Waals surface area (Å²) in [6.07, 6.45) is 2.09. The second-order valence-electron chi connectivity index (χ2n) is 4.06. The van der Waals surface area contributed by atoms with E-state index in [-0.39, 0.29) is 24.0 Å². The quantitative estimate of drug-likeness (QED) is 0.447. The lowest BCUT2D eigenvalue weighted by Crippen LogP contribution is -3.00. The topological polar surface area (TPSA) is 4.93 Å². The molecule has 1 aromatic heterocycles. The molecule has 0 saturated heterocycles. The van der Waals surface area contributed by atoms with Gasteiger partial charge in [0, 0.05) is 13.2 Å². The molecule has 70 valence electrons. The van der Waals surface area contributed by atoms with Crippen molar-refractivity contribution in [1.29, 1.82) is 0 Å². The van der Waals surface area contributed by atoms with E-state index < -0.39 is 0 Å². The van der Waals surface area contributed by atoms with Gasteiger partial charge in [-0.25, -0.2) is 0 Å². The minimum absolute atomic E-state index is 0. The van der Waals surface area contributed by atoms with Gasteiger partial charge in [-0.2, -0.15) is 0 Å². The zero-order chi connectivity index (χ0) is 8.48. The average molecular weight is 280 g/mol. The SMILES string of the molecule is Cn1cccc1C[N+](C)(C)C.[I-]. The van der Waals surface area contributed by atoms with Crippen LogP contribution in [0.4, 0.5) is 0 Å². The van der Waals surface area contributed by atoms with Crippen LogP contribution in [-0.2, 0) is 13.6 Å². The highest BCUT2D eigenvalue weighted by Crippen LogP contribution is 2.05. The van der Waals surface area contributed by atoms with Gasteiger partial charge in [-0.3, -0.25) is 0 Å². The third-order valence-corrected chi connectivity index (χ3v) is 1.69. The van der Waals surface area contributed by atoms with E-state index in [0.29, 0.717) is 0 Å². The van der Waals surface area contributed by atoms with Crippen LogP contribution in [0.1, 0.15) is 5.69 Å². The minimum atomic E-state index is 0. The van der Waals surface area contributed by atoms with Crippen molar-refractivity contribution in [2.75, 3.05) is 21.1 Å². The van der Waals surface area contributed by atoms with Crippen molar-refractivity contribution in [3.8, 4) is 0 Å². The Kier molecular flexibility index (Phi) is 4.26. The summed E-state index contributed by atoms with van der Waals surface area (Å²) < 4.78 is 3.15. The monoisotopic (exact) mass is 280 g/mol. The summed E-state index contributed by atoms with van der Waals surface area (Å²) in [5.74, 6) is 0. The van der Waals surface area contributed by atoms with Crippen LogP contribution in [-0.4, -0.2) is 30.2 Å². The molecule has 0 aliphatic carbocycles. The summed E-state index contributed by atoms with van der Waals surface area (Å²) in [5.41, 5.74) is 1.39. The number of quaternary nitrogens is 1. The zero-order valence-corrected chi connectivity index (χ0v) is 10.4. The van der Waals surface area contributed by atoms with Crippen molar-refractivity contribution >= 4 is 0 Å². The summed E-state index contributed by atoms with van der Waals surface area (Å²) in [6.45, 7) is 1.09. The number of nitrogens with zero attached hydrogens (tertiary/aromatic N) is 2. The summed E-state index contributed by atoms with van der Waals surface area (Å²) in [4.78, 5) is 0. The number of aromatic nitrogens is 1. The van der Waals surface area contributed by atoms with Crippen LogP contribution in [0.15, 0.2) is 18.3 Å². The molecule has 1 heterocycles. The largest absolute Gasteiger partial charge is 1.00 e. The van der Waals surface area contributed by atoms with Crippen LogP contribution in [0.5, 0.6) is 0 Å². The molecule has 0 radical (unpaired) electrons. The second-order valence-corrected chi connectivity index (χ2v) is 4.06. The van der Waals surface area contributed by atoms with Crippen LogP contribution >= 0.6 is 0 Å². The van der Waals surface area contributed by atoms with E-state index in [1.807, 2.05) is 0 Å². The maximum atomic E-state index is 2.20. The Morgan fingerprint density at radius 3 is 2.25 bits per heavy atom. The lowest BCUT2D eigenvalue weighted by atomic mass is 10.4. The van der Waals surface area contributed by atoms with Gasteiger partial charge >= 0.3 is 0 Å². The molecule has 3 heteroatoms. The van der Waals surface area contributed by atoms with Crippen molar-refractivity contribution in [3.63, 3.8) is 0 Å². The molecule has 2 nitrogen and oxygen atoms in total. The second kappa shape index (κ2) is 4.28. The molecule has 0 unspecified atom stereocenters. The first kappa shape index (κ1) is 12.0. The summed E-state index contributed by atoms with van der Waals surface area (Å²) >= 11 is 0. The Labute approximate surface area is 91.8 Å². The molecule has 12 heavy (non-hydrogen) atoms. The van der Waals surface area contributed by atoms with Gasteiger partial charge in [-0.05, 0) is 12.1 Å². The van der Waals surface area contributed by atoms with Gasteiger partial charge in [0.05, 0.1) is 26.8 Å². The van der Waals surface area contributed by atoms with E-state index >= 15 is 0 Å². The third-order valence-electron chi connectivity index (χ3n) is 1.69. The van der Waals surface area contributed by atoms with Crippen molar-refractivity contribution in [1.82, 2.24) is 4.57 Å². The van der Waals surface area contributed by atoms with Gasteiger partial charge in [0.1, 0.15) is 6.54 Å². The maximum Gasteiger partial charge on any atom is 0.119 e. The fourth-order valence-electron chi connectivity index (χ4n) is 1.15. The molecular weight excluding hydrogens is 263 g/mol. The molecule has 0 bridgehead atoms. The normalized spacial score (nSPS) is 11.0. The molecule has 1 aromatic rings. The maximum absolute atomic E-state index is 2.20. The summed E-state index contributed by atoms with van der Waals surface area (Å²) in [6, 6.07) is 4.26. The highest BCUT2D eigenvalue weighted by Gasteiger charge is 2.09. The predicted molar refractivity (Wildman–Crippen MR) is 47.1 cm³/mol. The first-order chi connectivity index (χ1) is 4.99. The number of hydrogen-bond donors (Lipinski definition) is 0. The lowest BCUT2D eigenvalue weighted by Gasteiger charge is -2.23. The zero-order valence-electron chi connectivity index (χ0n) is 8.21. The number of halogens is 1. The number of hydrogen-bond acceptors (Lipinski definition) is 0. The first-order valence-corrected chi connectivity index (χ1v) is 3.90. The van der Waals surface area contributed by atoms with E-state index in [4.69, 9.17) is 0 Å². The molecule has 0 spiro atoms. The van der Waals surface area contributed by atoms with Gasteiger partial charge < -0.3 is 33.0 Å². The van der Waals surface area contributed by atoms with Crippen LogP contribution < -0.4 is 24.0 Å². The minimum Gasteiger partial charge on any atom is -1.00 e. The summed E-state index contributed by atoms with van der Waals surface area (Å²) in [7, 11) is 8.69. The fourth-order valence-corrected chi connectivity index (χ4v) is 1.15. The third kappa shape index (κ3) is 3.58. The van der Waals surface area contributed by atoms with Gasteiger partial charge in [0.15, 0.2) is 0 Å². The van der Waals surface area contributed by atoms with Crippen LogP contribution in [0, 0.1) is 0 Å². The summed E-state index contributed by atoms with van der Waals surface area (Å²) in [5, 5.41) is 0. The molecule has 0 saturated carbocycles. The van der Waals surface area contributed by atoms with Gasteiger partial charge in [-0.1, -0.05) is 0 Å². The van der Waals surface area contributed by atoms with E-state index in [2.05, 4.69) is 51.1 Å². The Balaban J connectivity index is 0.00000121. The molecule has 0 N–H and O–H groups in total. The molecule has 0 aliphatic heterocycles. The Morgan fingerprint density at radius 2 is 1.92 bits per heavy atom. The van der Waals surface area contributed by atoms with E-state index in [1.165, 1.54) is 5.69 Å². The van der Waals surface area contributed by atoms with Gasteiger partial charge in [0.25, 0.3) is 0 Å². The molecule has 0 aliphatic rings. The highest BCUT2D eigenvalue weighted by atomic mass is 127. The van der Waals surface area contributed by atoms with Gasteiger partial charge in [-0.15, -0.1) is 0 Å². The van der Waals surface area contributed by atoms with Crippen molar-refractivity contribution < 1.29 is 28.5 Å². The van der Waals surface area contributed by atoms with Crippen LogP contribution in [0.25, 0.3) is 0 Å².